The zero-order chi connectivity index (χ0) is 19.9. The monoisotopic (exact) mass is 464 g/mol. The lowest BCUT2D eigenvalue weighted by Gasteiger charge is -2.29. The number of anilines is 1. The van der Waals surface area contributed by atoms with E-state index in [1.165, 1.54) is 0 Å². The van der Waals surface area contributed by atoms with Crippen LogP contribution in [-0.4, -0.2) is 43.5 Å². The molecule has 2 aromatic carbocycles. The summed E-state index contributed by atoms with van der Waals surface area (Å²) in [5.41, 5.74) is 1.99. The summed E-state index contributed by atoms with van der Waals surface area (Å²) in [4.78, 5) is 2.14. The fourth-order valence-electron chi connectivity index (χ4n) is 3.18. The number of nitrogens with one attached hydrogen (secondary N) is 1. The van der Waals surface area contributed by atoms with E-state index in [0.29, 0.717) is 11.7 Å². The van der Waals surface area contributed by atoms with Crippen molar-refractivity contribution in [1.82, 2.24) is 4.90 Å². The van der Waals surface area contributed by atoms with E-state index in [9.17, 15) is 0 Å². The molecule has 2 aromatic rings. The Bertz CT molecular complexity index is 795. The molecule has 28 heavy (non-hydrogen) atoms. The second kappa shape index (κ2) is 10.1. The van der Waals surface area contributed by atoms with E-state index in [1.54, 1.807) is 14.2 Å². The summed E-state index contributed by atoms with van der Waals surface area (Å²) in [5, 5.41) is 4.00. The van der Waals surface area contributed by atoms with Crippen LogP contribution in [0.2, 0.25) is 0 Å². The normalized spacial score (nSPS) is 15.9. The summed E-state index contributed by atoms with van der Waals surface area (Å²) >= 11 is 9.19. The molecule has 1 fully saturated rings. The molecule has 1 unspecified atom stereocenters. The first-order chi connectivity index (χ1) is 13.6. The van der Waals surface area contributed by atoms with Crippen LogP contribution in [-0.2, 0) is 11.3 Å². The van der Waals surface area contributed by atoms with Crippen molar-refractivity contribution in [2.24, 2.45) is 0 Å². The molecule has 1 aliphatic rings. The molecule has 0 amide bonds. The molecule has 3 rings (SSSR count). The second-order valence-electron chi connectivity index (χ2n) is 6.63. The highest BCUT2D eigenvalue weighted by atomic mass is 79.9. The van der Waals surface area contributed by atoms with Crippen molar-refractivity contribution in [3.8, 4) is 11.5 Å². The van der Waals surface area contributed by atoms with Gasteiger partial charge in [-0.05, 0) is 61.5 Å². The number of hydrogen-bond acceptors (Lipinski definition) is 4. The summed E-state index contributed by atoms with van der Waals surface area (Å²) in [7, 11) is 3.32. The van der Waals surface area contributed by atoms with Crippen LogP contribution >= 0.6 is 28.1 Å². The number of nitrogens with zero attached hydrogens (tertiary/aromatic N) is 1. The maximum atomic E-state index is 5.84. The van der Waals surface area contributed by atoms with E-state index < -0.39 is 0 Å². The van der Waals surface area contributed by atoms with E-state index in [1.807, 2.05) is 42.5 Å². The Labute approximate surface area is 180 Å². The van der Waals surface area contributed by atoms with E-state index >= 15 is 0 Å². The average Bonchev–Trinajstić information content (AvgIpc) is 3.22. The lowest BCUT2D eigenvalue weighted by molar-refractivity contribution is 0.0903. The molecule has 150 valence electrons. The predicted molar refractivity (Wildman–Crippen MR) is 119 cm³/mol. The van der Waals surface area contributed by atoms with Crippen molar-refractivity contribution in [2.75, 3.05) is 32.7 Å². The van der Waals surface area contributed by atoms with Crippen LogP contribution in [0.1, 0.15) is 18.4 Å². The van der Waals surface area contributed by atoms with E-state index in [-0.39, 0.29) is 6.10 Å². The van der Waals surface area contributed by atoms with Gasteiger partial charge in [0.05, 0.1) is 20.3 Å². The third kappa shape index (κ3) is 5.59. The third-order valence-electron chi connectivity index (χ3n) is 4.69. The first-order valence-electron chi connectivity index (χ1n) is 9.23. The molecule has 0 saturated carbocycles. The van der Waals surface area contributed by atoms with Gasteiger partial charge in [0.15, 0.2) is 5.11 Å². The van der Waals surface area contributed by atoms with Crippen LogP contribution in [0.4, 0.5) is 5.69 Å². The highest BCUT2D eigenvalue weighted by Crippen LogP contribution is 2.27. The molecular weight excluding hydrogens is 440 g/mol. The van der Waals surface area contributed by atoms with Crippen LogP contribution in [0, 0.1) is 0 Å². The van der Waals surface area contributed by atoms with Gasteiger partial charge in [-0.1, -0.05) is 15.9 Å². The van der Waals surface area contributed by atoms with Crippen LogP contribution in [0.25, 0.3) is 0 Å². The van der Waals surface area contributed by atoms with E-state index in [0.717, 1.165) is 53.2 Å². The predicted octanol–water partition coefficient (Wildman–Crippen LogP) is 4.84. The fraction of sp³-hybridized carbons (Fsp3) is 0.381. The lowest BCUT2D eigenvalue weighted by atomic mass is 10.1. The molecule has 1 N–H and O–H groups in total. The van der Waals surface area contributed by atoms with Gasteiger partial charge in [0, 0.05) is 41.5 Å². The van der Waals surface area contributed by atoms with Gasteiger partial charge in [-0.15, -0.1) is 0 Å². The van der Waals surface area contributed by atoms with Gasteiger partial charge in [0.1, 0.15) is 11.5 Å². The second-order valence-corrected chi connectivity index (χ2v) is 7.93. The summed E-state index contributed by atoms with van der Waals surface area (Å²) in [6.45, 7) is 2.17. The Balaban J connectivity index is 1.78. The van der Waals surface area contributed by atoms with Crippen molar-refractivity contribution >= 4 is 38.9 Å². The maximum absolute atomic E-state index is 5.84. The molecule has 1 atom stereocenters. The largest absolute Gasteiger partial charge is 0.497 e. The third-order valence-corrected chi connectivity index (χ3v) is 5.58. The Morgan fingerprint density at radius 3 is 2.64 bits per heavy atom. The maximum Gasteiger partial charge on any atom is 0.173 e. The average molecular weight is 465 g/mol. The van der Waals surface area contributed by atoms with Crippen LogP contribution < -0.4 is 14.8 Å². The molecule has 1 aliphatic heterocycles. The smallest absolute Gasteiger partial charge is 0.173 e. The minimum Gasteiger partial charge on any atom is -0.497 e. The van der Waals surface area contributed by atoms with Crippen molar-refractivity contribution in [2.45, 2.75) is 25.5 Å². The first-order valence-corrected chi connectivity index (χ1v) is 10.4. The topological polar surface area (TPSA) is 43.0 Å². The van der Waals surface area contributed by atoms with Crippen LogP contribution in [0.3, 0.4) is 0 Å². The van der Waals surface area contributed by atoms with Gasteiger partial charge >= 0.3 is 0 Å². The Kier molecular flexibility index (Phi) is 7.53. The zero-order valence-electron chi connectivity index (χ0n) is 16.1. The number of methoxy groups -OCH3 is 2. The molecular formula is C21H25BrN2O3S. The molecule has 1 heterocycles. The number of benzene rings is 2. The molecule has 0 aliphatic carbocycles. The van der Waals surface area contributed by atoms with Crippen molar-refractivity contribution in [3.05, 3.63) is 52.5 Å². The molecule has 5 nitrogen and oxygen atoms in total. The highest BCUT2D eigenvalue weighted by molar-refractivity contribution is 9.10. The minimum absolute atomic E-state index is 0.189. The van der Waals surface area contributed by atoms with E-state index in [2.05, 4.69) is 26.1 Å². The lowest BCUT2D eigenvalue weighted by Crippen LogP contribution is -2.39. The zero-order valence-corrected chi connectivity index (χ0v) is 18.5. The molecule has 1 saturated heterocycles. The van der Waals surface area contributed by atoms with E-state index in [4.69, 9.17) is 26.4 Å². The van der Waals surface area contributed by atoms with Crippen molar-refractivity contribution in [1.29, 1.82) is 0 Å². The van der Waals surface area contributed by atoms with Crippen molar-refractivity contribution < 1.29 is 14.2 Å². The highest BCUT2D eigenvalue weighted by Gasteiger charge is 2.22. The number of thiocarbonyl (C=S) groups is 1. The number of hydrogen-bond donors (Lipinski definition) is 1. The summed E-state index contributed by atoms with van der Waals surface area (Å²) in [6, 6.07) is 13.8. The van der Waals surface area contributed by atoms with Gasteiger partial charge in [-0.2, -0.15) is 0 Å². The Hall–Kier alpha value is -1.83. The van der Waals surface area contributed by atoms with Crippen molar-refractivity contribution in [3.63, 3.8) is 0 Å². The Morgan fingerprint density at radius 2 is 2.00 bits per heavy atom. The minimum atomic E-state index is 0.189. The molecule has 7 heteroatoms. The standard InChI is InChI=1S/C21H25BrN2O3S/c1-25-18-10-5-15(20(12-18)26-2)13-24(14-19-4-3-11-27-19)21(28)23-17-8-6-16(22)7-9-17/h5-10,12,19H,3-4,11,13-14H2,1-2H3,(H,23,28). The summed E-state index contributed by atoms with van der Waals surface area (Å²) < 4.78 is 17.7. The van der Waals surface area contributed by atoms with Crippen LogP contribution in [0.15, 0.2) is 46.9 Å². The van der Waals surface area contributed by atoms with Gasteiger partial charge in [0.2, 0.25) is 0 Å². The molecule has 0 aromatic heterocycles. The summed E-state index contributed by atoms with van der Waals surface area (Å²) in [5.74, 6) is 1.55. The SMILES string of the molecule is COc1ccc(CN(CC2CCCO2)C(=S)Nc2ccc(Br)cc2)c(OC)c1. The number of halogens is 1. The number of rotatable bonds is 7. The first kappa shape index (κ1) is 20.9. The molecule has 0 spiro atoms. The van der Waals surface area contributed by atoms with Gasteiger partial charge in [-0.3, -0.25) is 0 Å². The molecule has 0 radical (unpaired) electrons. The number of ether oxygens (including phenoxy) is 3. The fourth-order valence-corrected chi connectivity index (χ4v) is 3.70. The Morgan fingerprint density at radius 1 is 1.21 bits per heavy atom. The van der Waals surface area contributed by atoms with Gasteiger partial charge in [0.25, 0.3) is 0 Å². The summed E-state index contributed by atoms with van der Waals surface area (Å²) in [6.07, 6.45) is 2.34. The molecule has 0 bridgehead atoms. The van der Waals surface area contributed by atoms with Gasteiger partial charge in [-0.25, -0.2) is 0 Å². The van der Waals surface area contributed by atoms with Crippen LogP contribution in [0.5, 0.6) is 11.5 Å². The quantitative estimate of drug-likeness (QED) is 0.591. The van der Waals surface area contributed by atoms with Gasteiger partial charge < -0.3 is 24.4 Å².